The fourth-order valence-electron chi connectivity index (χ4n) is 0.702. The first-order chi connectivity index (χ1) is 5.52. The Morgan fingerprint density at radius 3 is 2.50 bits per heavy atom. The monoisotopic (exact) mass is 180 g/mol. The predicted octanol–water partition coefficient (Wildman–Crippen LogP) is 0.415. The average molecular weight is 180 g/mol. The number of nitrogens with one attached hydrogen (secondary N) is 2. The van der Waals surface area contributed by atoms with Crippen LogP contribution >= 0.6 is 0 Å². The maximum atomic E-state index is 11.9. The summed E-state index contributed by atoms with van der Waals surface area (Å²) in [5, 5.41) is 8.68. The molecular formula is C6H7F3N2O. The summed E-state index contributed by atoms with van der Waals surface area (Å²) in [7, 11) is 0. The summed E-state index contributed by atoms with van der Waals surface area (Å²) in [6.07, 6.45) is -3.18. The van der Waals surface area contributed by atoms with Crippen LogP contribution in [0.1, 0.15) is 0 Å². The Labute approximate surface area is 66.5 Å². The third kappa shape index (κ3) is 1.91. The molecule has 1 heterocycles. The predicted molar refractivity (Wildman–Crippen MR) is 35.6 cm³/mol. The minimum Gasteiger partial charge on any atom is -0.378 e. The van der Waals surface area contributed by atoms with Gasteiger partial charge in [0.05, 0.1) is 5.70 Å². The molecule has 3 N–H and O–H groups in total. The van der Waals surface area contributed by atoms with Crippen molar-refractivity contribution in [3.05, 3.63) is 24.0 Å². The van der Waals surface area contributed by atoms with E-state index < -0.39 is 12.3 Å². The summed E-state index contributed by atoms with van der Waals surface area (Å²) in [5.41, 5.74) is 4.19. The first-order valence-corrected chi connectivity index (χ1v) is 3.15. The fourth-order valence-corrected chi connectivity index (χ4v) is 0.702. The van der Waals surface area contributed by atoms with Crippen molar-refractivity contribution in [1.82, 2.24) is 10.9 Å². The summed E-state index contributed by atoms with van der Waals surface area (Å²) < 4.78 is 35.6. The highest BCUT2D eigenvalue weighted by atomic mass is 19.4. The molecule has 0 aromatic heterocycles. The van der Waals surface area contributed by atoms with Gasteiger partial charge in [-0.1, -0.05) is 0 Å². The lowest BCUT2D eigenvalue weighted by Crippen LogP contribution is -2.41. The normalized spacial score (nSPS) is 19.2. The molecule has 1 atom stereocenters. The van der Waals surface area contributed by atoms with E-state index in [9.17, 15) is 13.2 Å². The van der Waals surface area contributed by atoms with E-state index in [1.54, 1.807) is 0 Å². The first kappa shape index (κ1) is 8.92. The number of aliphatic hydroxyl groups excluding tert-OH is 1. The third-order valence-electron chi connectivity index (χ3n) is 1.28. The molecule has 68 valence electrons. The summed E-state index contributed by atoms with van der Waals surface area (Å²) >= 11 is 0. The van der Waals surface area contributed by atoms with Crippen molar-refractivity contribution in [2.45, 2.75) is 12.3 Å². The molecule has 0 aliphatic carbocycles. The molecule has 6 heteroatoms. The Hall–Kier alpha value is -1.17. The zero-order valence-corrected chi connectivity index (χ0v) is 5.89. The van der Waals surface area contributed by atoms with Crippen LogP contribution in [0.15, 0.2) is 24.0 Å². The van der Waals surface area contributed by atoms with Crippen molar-refractivity contribution < 1.29 is 18.3 Å². The van der Waals surface area contributed by atoms with Crippen LogP contribution in [0.5, 0.6) is 0 Å². The van der Waals surface area contributed by atoms with Crippen LogP contribution in [-0.2, 0) is 0 Å². The van der Waals surface area contributed by atoms with E-state index in [4.69, 9.17) is 5.11 Å². The standard InChI is InChI=1S/C6H7F3N2O/c7-6(8,9)5(12)4-2-1-3-10-11-4/h1-3,5,10-12H. The van der Waals surface area contributed by atoms with Crippen LogP contribution in [0.4, 0.5) is 13.2 Å². The second-order valence-electron chi connectivity index (χ2n) is 2.19. The number of hydrogen-bond acceptors (Lipinski definition) is 3. The Balaban J connectivity index is 2.69. The van der Waals surface area contributed by atoms with Crippen LogP contribution in [0.2, 0.25) is 0 Å². The Bertz CT molecular complexity index is 221. The lowest BCUT2D eigenvalue weighted by atomic mass is 10.2. The van der Waals surface area contributed by atoms with Crippen LogP contribution < -0.4 is 10.9 Å². The van der Waals surface area contributed by atoms with Gasteiger partial charge in [0.15, 0.2) is 6.10 Å². The molecule has 1 aliphatic heterocycles. The molecule has 0 spiro atoms. The zero-order valence-electron chi connectivity index (χ0n) is 5.89. The minimum absolute atomic E-state index is 0.315. The third-order valence-corrected chi connectivity index (χ3v) is 1.28. The van der Waals surface area contributed by atoms with Gasteiger partial charge in [-0.05, 0) is 12.2 Å². The molecule has 1 rings (SSSR count). The number of alkyl halides is 3. The smallest absolute Gasteiger partial charge is 0.378 e. The molecule has 0 fully saturated rings. The van der Waals surface area contributed by atoms with Crippen molar-refractivity contribution in [1.29, 1.82) is 0 Å². The molecule has 0 aromatic rings. The molecule has 12 heavy (non-hydrogen) atoms. The molecule has 0 saturated carbocycles. The largest absolute Gasteiger partial charge is 0.420 e. The van der Waals surface area contributed by atoms with Crippen LogP contribution in [0, 0.1) is 0 Å². The Kier molecular flexibility index (Phi) is 2.27. The van der Waals surface area contributed by atoms with E-state index in [2.05, 4.69) is 10.9 Å². The quantitative estimate of drug-likeness (QED) is 0.547. The number of hydrogen-bond donors (Lipinski definition) is 3. The highest BCUT2D eigenvalue weighted by molar-refractivity contribution is 5.18. The summed E-state index contributed by atoms with van der Waals surface area (Å²) in [5.74, 6) is 0. The van der Waals surface area contributed by atoms with Gasteiger partial charge in [-0.25, -0.2) is 0 Å². The van der Waals surface area contributed by atoms with Gasteiger partial charge in [0.2, 0.25) is 0 Å². The number of hydrazine groups is 1. The maximum absolute atomic E-state index is 11.9. The van der Waals surface area contributed by atoms with Crippen molar-refractivity contribution in [2.75, 3.05) is 0 Å². The summed E-state index contributed by atoms with van der Waals surface area (Å²) in [6.45, 7) is 0. The van der Waals surface area contributed by atoms with Crippen molar-refractivity contribution in [2.24, 2.45) is 0 Å². The number of halogens is 3. The zero-order chi connectivity index (χ0) is 9.19. The number of rotatable bonds is 1. The SMILES string of the molecule is OC(C1=CC=CNN1)C(F)(F)F. The van der Waals surface area contributed by atoms with Gasteiger partial charge in [-0.3, -0.25) is 0 Å². The molecule has 0 saturated heterocycles. The number of allylic oxidation sites excluding steroid dienone is 2. The molecular weight excluding hydrogens is 173 g/mol. The van der Waals surface area contributed by atoms with E-state index >= 15 is 0 Å². The van der Waals surface area contributed by atoms with Crippen LogP contribution in [0.25, 0.3) is 0 Å². The van der Waals surface area contributed by atoms with Gasteiger partial charge in [0, 0.05) is 6.20 Å². The van der Waals surface area contributed by atoms with Crippen molar-refractivity contribution >= 4 is 0 Å². The van der Waals surface area contributed by atoms with E-state index in [-0.39, 0.29) is 5.70 Å². The van der Waals surface area contributed by atoms with Gasteiger partial charge < -0.3 is 16.0 Å². The first-order valence-electron chi connectivity index (χ1n) is 3.15. The van der Waals surface area contributed by atoms with E-state index in [1.165, 1.54) is 12.3 Å². The molecule has 3 nitrogen and oxygen atoms in total. The van der Waals surface area contributed by atoms with Crippen LogP contribution in [-0.4, -0.2) is 17.4 Å². The van der Waals surface area contributed by atoms with E-state index in [0.717, 1.165) is 6.08 Å². The summed E-state index contributed by atoms with van der Waals surface area (Å²) in [4.78, 5) is 0. The molecule has 0 amide bonds. The fraction of sp³-hybridized carbons (Fsp3) is 0.333. The highest BCUT2D eigenvalue weighted by Crippen LogP contribution is 2.24. The molecule has 0 bridgehead atoms. The van der Waals surface area contributed by atoms with Gasteiger partial charge in [0.1, 0.15) is 0 Å². The highest BCUT2D eigenvalue weighted by Gasteiger charge is 2.40. The Morgan fingerprint density at radius 2 is 2.08 bits per heavy atom. The van der Waals surface area contributed by atoms with Gasteiger partial charge >= 0.3 is 6.18 Å². The molecule has 1 aliphatic rings. The average Bonchev–Trinajstić information content (AvgIpc) is 2.03. The van der Waals surface area contributed by atoms with E-state index in [1.807, 2.05) is 0 Å². The second-order valence-corrected chi connectivity index (χ2v) is 2.19. The summed E-state index contributed by atoms with van der Waals surface area (Å²) in [6, 6.07) is 0. The number of aliphatic hydroxyl groups is 1. The van der Waals surface area contributed by atoms with Gasteiger partial charge in [0.25, 0.3) is 0 Å². The van der Waals surface area contributed by atoms with Crippen molar-refractivity contribution in [3.8, 4) is 0 Å². The molecule has 0 radical (unpaired) electrons. The van der Waals surface area contributed by atoms with Gasteiger partial charge in [-0.15, -0.1) is 0 Å². The molecule has 1 unspecified atom stereocenters. The maximum Gasteiger partial charge on any atom is 0.420 e. The minimum atomic E-state index is -4.63. The van der Waals surface area contributed by atoms with Crippen molar-refractivity contribution in [3.63, 3.8) is 0 Å². The Morgan fingerprint density at radius 1 is 1.42 bits per heavy atom. The van der Waals surface area contributed by atoms with Crippen LogP contribution in [0.3, 0.4) is 0 Å². The topological polar surface area (TPSA) is 44.3 Å². The second kappa shape index (κ2) is 3.06. The van der Waals surface area contributed by atoms with Gasteiger partial charge in [-0.2, -0.15) is 13.2 Å². The lowest BCUT2D eigenvalue weighted by Gasteiger charge is -2.20. The lowest BCUT2D eigenvalue weighted by molar-refractivity contribution is -0.193. The van der Waals surface area contributed by atoms with E-state index in [0.29, 0.717) is 0 Å². The molecule has 0 aromatic carbocycles.